The molecule has 1 aromatic heterocycles. The van der Waals surface area contributed by atoms with E-state index in [2.05, 4.69) is 6.92 Å². The lowest BCUT2D eigenvalue weighted by atomic mass is 10.0. The van der Waals surface area contributed by atoms with Gasteiger partial charge in [0.25, 0.3) is 0 Å². The van der Waals surface area contributed by atoms with Crippen molar-refractivity contribution in [3.05, 3.63) is 59.9 Å². The van der Waals surface area contributed by atoms with Crippen LogP contribution in [0, 0.1) is 5.82 Å². The number of hydrogen-bond donors (Lipinski definition) is 1. The van der Waals surface area contributed by atoms with E-state index in [1.807, 2.05) is 23.7 Å². The average molecular weight is 396 g/mol. The highest BCUT2D eigenvalue weighted by atomic mass is 19.1. The topological polar surface area (TPSA) is 64.4 Å². The number of carbonyl (C=O) groups is 1. The Bertz CT molecular complexity index is 980. The molecule has 5 nitrogen and oxygen atoms in total. The van der Waals surface area contributed by atoms with Crippen molar-refractivity contribution < 1.29 is 19.0 Å². The summed E-state index contributed by atoms with van der Waals surface area (Å²) < 4.78 is 21.1. The minimum absolute atomic E-state index is 0.0687. The van der Waals surface area contributed by atoms with Gasteiger partial charge < -0.3 is 9.84 Å². The lowest BCUT2D eigenvalue weighted by Gasteiger charge is -2.10. The van der Waals surface area contributed by atoms with Gasteiger partial charge in [-0.15, -0.1) is 0 Å². The molecule has 29 heavy (non-hydrogen) atoms. The largest absolute Gasteiger partial charge is 0.493 e. The summed E-state index contributed by atoms with van der Waals surface area (Å²) >= 11 is 0. The highest BCUT2D eigenvalue weighted by Crippen LogP contribution is 2.34. The maximum Gasteiger partial charge on any atom is 0.307 e. The Morgan fingerprint density at radius 2 is 1.90 bits per heavy atom. The molecule has 0 aliphatic heterocycles. The monoisotopic (exact) mass is 396 g/mol. The quantitative estimate of drug-likeness (QED) is 0.541. The van der Waals surface area contributed by atoms with E-state index in [1.165, 1.54) is 12.1 Å². The van der Waals surface area contributed by atoms with E-state index in [-0.39, 0.29) is 12.2 Å². The van der Waals surface area contributed by atoms with Crippen LogP contribution in [0.25, 0.3) is 22.5 Å². The molecule has 2 aromatic carbocycles. The normalized spacial score (nSPS) is 10.9. The van der Waals surface area contributed by atoms with E-state index in [9.17, 15) is 9.18 Å². The van der Waals surface area contributed by atoms with Crippen LogP contribution in [0.3, 0.4) is 0 Å². The van der Waals surface area contributed by atoms with E-state index >= 15 is 0 Å². The number of hydrogen-bond acceptors (Lipinski definition) is 3. The Morgan fingerprint density at radius 1 is 1.14 bits per heavy atom. The summed E-state index contributed by atoms with van der Waals surface area (Å²) in [7, 11) is 0. The van der Waals surface area contributed by atoms with E-state index in [0.29, 0.717) is 23.6 Å². The van der Waals surface area contributed by atoms with E-state index in [0.717, 1.165) is 36.2 Å². The molecule has 0 radical (unpaired) electrons. The van der Waals surface area contributed by atoms with Crippen LogP contribution in [-0.2, 0) is 17.8 Å². The SMILES string of the molecule is CCCCn1nc(-c2cc(CC(=O)O)ccc2OCC)cc1-c1ccc(F)cc1. The fourth-order valence-corrected chi connectivity index (χ4v) is 3.22. The van der Waals surface area contributed by atoms with Gasteiger partial charge in [-0.2, -0.15) is 5.10 Å². The molecule has 1 N–H and O–H groups in total. The number of rotatable bonds is 9. The van der Waals surface area contributed by atoms with Gasteiger partial charge in [-0.05, 0) is 61.4 Å². The van der Waals surface area contributed by atoms with Gasteiger partial charge >= 0.3 is 5.97 Å². The van der Waals surface area contributed by atoms with E-state index < -0.39 is 5.97 Å². The molecule has 0 amide bonds. The third kappa shape index (κ3) is 5.02. The third-order valence-corrected chi connectivity index (χ3v) is 4.62. The number of aliphatic carboxylic acids is 1. The van der Waals surface area contributed by atoms with Crippen LogP contribution in [-0.4, -0.2) is 27.5 Å². The molecule has 0 spiro atoms. The first-order chi connectivity index (χ1) is 14.0. The summed E-state index contributed by atoms with van der Waals surface area (Å²) in [6.45, 7) is 5.25. The average Bonchev–Trinajstić information content (AvgIpc) is 3.12. The predicted octanol–water partition coefficient (Wildman–Crippen LogP) is 5.18. The van der Waals surface area contributed by atoms with Gasteiger partial charge in [-0.3, -0.25) is 9.48 Å². The van der Waals surface area contributed by atoms with E-state index in [4.69, 9.17) is 14.9 Å². The third-order valence-electron chi connectivity index (χ3n) is 4.62. The van der Waals surface area contributed by atoms with Crippen molar-refractivity contribution in [2.45, 2.75) is 39.7 Å². The summed E-state index contributed by atoms with van der Waals surface area (Å²) in [5.74, 6) is -0.512. The molecule has 3 rings (SSSR count). The van der Waals surface area contributed by atoms with Crippen LogP contribution in [0.5, 0.6) is 5.75 Å². The van der Waals surface area contributed by atoms with Gasteiger partial charge in [0.2, 0.25) is 0 Å². The maximum atomic E-state index is 13.4. The van der Waals surface area contributed by atoms with E-state index in [1.54, 1.807) is 24.3 Å². The summed E-state index contributed by atoms with van der Waals surface area (Å²) in [4.78, 5) is 11.1. The van der Waals surface area contributed by atoms with Gasteiger partial charge in [-0.25, -0.2) is 4.39 Å². The van der Waals surface area contributed by atoms with Crippen LogP contribution in [0.15, 0.2) is 48.5 Å². The van der Waals surface area contributed by atoms with Gasteiger partial charge in [0.15, 0.2) is 0 Å². The fraction of sp³-hybridized carbons (Fsp3) is 0.304. The Balaban J connectivity index is 2.09. The van der Waals surface area contributed by atoms with Crippen molar-refractivity contribution in [1.82, 2.24) is 9.78 Å². The molecular formula is C23H25FN2O3. The van der Waals surface area contributed by atoms with Crippen molar-refractivity contribution >= 4 is 5.97 Å². The molecule has 0 unspecified atom stereocenters. The number of ether oxygens (including phenoxy) is 1. The first-order valence-electron chi connectivity index (χ1n) is 9.83. The lowest BCUT2D eigenvalue weighted by molar-refractivity contribution is -0.136. The van der Waals surface area contributed by atoms with Crippen LogP contribution in [0.4, 0.5) is 4.39 Å². The van der Waals surface area contributed by atoms with Crippen molar-refractivity contribution in [3.63, 3.8) is 0 Å². The van der Waals surface area contributed by atoms with Crippen molar-refractivity contribution in [2.24, 2.45) is 0 Å². The Hall–Kier alpha value is -3.15. The minimum Gasteiger partial charge on any atom is -0.493 e. The molecule has 6 heteroatoms. The minimum atomic E-state index is -0.888. The summed E-state index contributed by atoms with van der Waals surface area (Å²) in [5, 5.41) is 13.9. The highest BCUT2D eigenvalue weighted by Gasteiger charge is 2.16. The number of aromatic nitrogens is 2. The zero-order chi connectivity index (χ0) is 20.8. The second-order valence-corrected chi connectivity index (χ2v) is 6.83. The number of nitrogens with zero attached hydrogens (tertiary/aromatic N) is 2. The van der Waals surface area contributed by atoms with Gasteiger partial charge in [0.05, 0.1) is 24.4 Å². The molecule has 0 atom stereocenters. The number of halogens is 1. The Labute approximate surface area is 169 Å². The van der Waals surface area contributed by atoms with Gasteiger partial charge in [0, 0.05) is 17.7 Å². The summed E-state index contributed by atoms with van der Waals surface area (Å²) in [6.07, 6.45) is 1.92. The van der Waals surface area contributed by atoms with Gasteiger partial charge in [0.1, 0.15) is 11.6 Å². The molecule has 0 saturated heterocycles. The summed E-state index contributed by atoms with van der Waals surface area (Å²) in [5.41, 5.74) is 3.91. The number of aryl methyl sites for hydroxylation is 1. The fourth-order valence-electron chi connectivity index (χ4n) is 3.22. The van der Waals surface area contributed by atoms with Crippen LogP contribution >= 0.6 is 0 Å². The predicted molar refractivity (Wildman–Crippen MR) is 110 cm³/mol. The van der Waals surface area contributed by atoms with Crippen molar-refractivity contribution in [3.8, 4) is 28.3 Å². The second kappa shape index (κ2) is 9.37. The molecule has 0 bridgehead atoms. The number of carboxylic acids is 1. The van der Waals surface area contributed by atoms with Gasteiger partial charge in [-0.1, -0.05) is 19.4 Å². The van der Waals surface area contributed by atoms with Crippen LogP contribution in [0.1, 0.15) is 32.3 Å². The van der Waals surface area contributed by atoms with Crippen LogP contribution < -0.4 is 4.74 Å². The van der Waals surface area contributed by atoms with Crippen LogP contribution in [0.2, 0.25) is 0 Å². The molecule has 3 aromatic rings. The highest BCUT2D eigenvalue weighted by molar-refractivity contribution is 5.76. The number of benzene rings is 2. The first kappa shape index (κ1) is 20.6. The standard InChI is InChI=1S/C23H25FN2O3/c1-3-5-12-26-21(17-7-9-18(24)10-8-17)15-20(25-26)19-13-16(14-23(27)28)6-11-22(19)29-4-2/h6-11,13,15H,3-5,12,14H2,1-2H3,(H,27,28). The van der Waals surface area contributed by atoms with Crippen molar-refractivity contribution in [2.75, 3.05) is 6.61 Å². The van der Waals surface area contributed by atoms with Crippen molar-refractivity contribution in [1.29, 1.82) is 0 Å². The molecule has 1 heterocycles. The second-order valence-electron chi connectivity index (χ2n) is 6.83. The molecule has 152 valence electrons. The Morgan fingerprint density at radius 3 is 2.55 bits per heavy atom. The number of carboxylic acid groups (broad SMARTS) is 1. The lowest BCUT2D eigenvalue weighted by Crippen LogP contribution is -2.03. The maximum absolute atomic E-state index is 13.4. The molecular weight excluding hydrogens is 371 g/mol. The summed E-state index contributed by atoms with van der Waals surface area (Å²) in [6, 6.07) is 13.7. The first-order valence-corrected chi connectivity index (χ1v) is 9.83. The molecule has 0 aliphatic rings. The number of unbranched alkanes of at least 4 members (excludes halogenated alkanes) is 1. The molecule has 0 fully saturated rings. The molecule has 0 saturated carbocycles. The molecule has 0 aliphatic carbocycles. The Kier molecular flexibility index (Phi) is 6.65. The zero-order valence-corrected chi connectivity index (χ0v) is 16.7. The smallest absolute Gasteiger partial charge is 0.307 e. The zero-order valence-electron chi connectivity index (χ0n) is 16.7.